The van der Waals surface area contributed by atoms with Crippen LogP contribution in [0.4, 0.5) is 0 Å². The summed E-state index contributed by atoms with van der Waals surface area (Å²) in [6.07, 6.45) is 3.63. The Kier molecular flexibility index (Phi) is 12.1. The first-order valence-corrected chi connectivity index (χ1v) is 10.1. The van der Waals surface area contributed by atoms with Gasteiger partial charge in [-0.25, -0.2) is 0 Å². The number of hydrogen-bond acceptors (Lipinski definition) is 3. The molecule has 1 amide bonds. The van der Waals surface area contributed by atoms with Gasteiger partial charge in [-0.15, -0.1) is 24.0 Å². The van der Waals surface area contributed by atoms with Gasteiger partial charge in [-0.05, 0) is 56.7 Å². The van der Waals surface area contributed by atoms with Crippen molar-refractivity contribution in [3.63, 3.8) is 0 Å². The van der Waals surface area contributed by atoms with Crippen molar-refractivity contribution >= 4 is 35.8 Å². The van der Waals surface area contributed by atoms with Crippen LogP contribution in [0.1, 0.15) is 49.0 Å². The number of nitrogens with zero attached hydrogens (tertiary/aromatic N) is 2. The number of ether oxygens (including phenoxy) is 1. The highest BCUT2D eigenvalue weighted by molar-refractivity contribution is 14.0. The minimum Gasteiger partial charge on any atom is -0.381 e. The second-order valence-electron chi connectivity index (χ2n) is 6.90. The summed E-state index contributed by atoms with van der Waals surface area (Å²) in [5.41, 5.74) is 1.85. The Morgan fingerprint density at radius 1 is 1.18 bits per heavy atom. The topological polar surface area (TPSA) is 66.0 Å². The summed E-state index contributed by atoms with van der Waals surface area (Å²) in [7, 11) is 1.77. The smallest absolute Gasteiger partial charge is 0.253 e. The zero-order valence-electron chi connectivity index (χ0n) is 17.4. The SMILES string of the molecule is CCN(CC)C(=O)c1ccc(CNC(=NC)NCCCOCC2CC2)cc1.I. The Bertz CT molecular complexity index is 599. The maximum absolute atomic E-state index is 12.3. The standard InChI is InChI=1S/C21H34N4O2.HI/c1-4-25(5-2)20(26)19-11-9-17(10-12-19)15-24-21(22-3)23-13-6-14-27-16-18-7-8-18;/h9-12,18H,4-8,13-16H2,1-3H3,(H2,22,23,24);1H. The molecule has 0 atom stereocenters. The van der Waals surface area contributed by atoms with E-state index in [-0.39, 0.29) is 29.9 Å². The van der Waals surface area contributed by atoms with Crippen molar-refractivity contribution < 1.29 is 9.53 Å². The zero-order chi connectivity index (χ0) is 19.5. The predicted molar refractivity (Wildman–Crippen MR) is 125 cm³/mol. The van der Waals surface area contributed by atoms with Gasteiger partial charge in [-0.3, -0.25) is 9.79 Å². The molecule has 1 saturated carbocycles. The molecule has 0 bridgehead atoms. The Hall–Kier alpha value is -1.35. The van der Waals surface area contributed by atoms with E-state index in [1.165, 1.54) is 12.8 Å². The molecular formula is C21H35IN4O2. The fourth-order valence-corrected chi connectivity index (χ4v) is 2.78. The second kappa shape index (κ2) is 13.8. The summed E-state index contributed by atoms with van der Waals surface area (Å²) in [5, 5.41) is 6.60. The lowest BCUT2D eigenvalue weighted by Gasteiger charge is -2.18. The molecule has 1 aliphatic rings. The van der Waals surface area contributed by atoms with Gasteiger partial charge in [0.05, 0.1) is 0 Å². The third kappa shape index (κ3) is 8.77. The molecule has 1 aliphatic carbocycles. The number of amides is 1. The Labute approximate surface area is 186 Å². The number of aliphatic imine (C=N–C) groups is 1. The molecule has 0 saturated heterocycles. The summed E-state index contributed by atoms with van der Waals surface area (Å²) in [6, 6.07) is 7.77. The zero-order valence-corrected chi connectivity index (χ0v) is 19.7. The minimum atomic E-state index is 0. The van der Waals surface area contributed by atoms with E-state index in [1.54, 1.807) is 7.05 Å². The molecule has 0 aliphatic heterocycles. The van der Waals surface area contributed by atoms with E-state index in [4.69, 9.17) is 4.74 Å². The van der Waals surface area contributed by atoms with Gasteiger partial charge >= 0.3 is 0 Å². The van der Waals surface area contributed by atoms with Gasteiger partial charge in [0.25, 0.3) is 5.91 Å². The quantitative estimate of drug-likeness (QED) is 0.211. The lowest BCUT2D eigenvalue weighted by atomic mass is 10.1. The molecule has 0 heterocycles. The van der Waals surface area contributed by atoms with Crippen LogP contribution in [0.3, 0.4) is 0 Å². The summed E-state index contributed by atoms with van der Waals surface area (Å²) >= 11 is 0. The highest BCUT2D eigenvalue weighted by atomic mass is 127. The largest absolute Gasteiger partial charge is 0.381 e. The van der Waals surface area contributed by atoms with E-state index in [0.29, 0.717) is 6.54 Å². The molecule has 0 aromatic heterocycles. The van der Waals surface area contributed by atoms with Gasteiger partial charge in [0.15, 0.2) is 5.96 Å². The fraction of sp³-hybridized carbons (Fsp3) is 0.619. The molecule has 7 heteroatoms. The van der Waals surface area contributed by atoms with Crippen molar-refractivity contribution in [2.75, 3.05) is 39.9 Å². The minimum absolute atomic E-state index is 0. The summed E-state index contributed by atoms with van der Waals surface area (Å²) in [5.74, 6) is 1.68. The Morgan fingerprint density at radius 3 is 2.43 bits per heavy atom. The molecule has 158 valence electrons. The van der Waals surface area contributed by atoms with Gasteiger partial charge in [-0.1, -0.05) is 12.1 Å². The molecule has 2 N–H and O–H groups in total. The highest BCUT2D eigenvalue weighted by Crippen LogP contribution is 2.28. The van der Waals surface area contributed by atoms with Crippen LogP contribution < -0.4 is 10.6 Å². The highest BCUT2D eigenvalue weighted by Gasteiger charge is 2.20. The van der Waals surface area contributed by atoms with E-state index in [0.717, 1.165) is 62.3 Å². The Balaban J connectivity index is 0.00000392. The molecule has 0 spiro atoms. The van der Waals surface area contributed by atoms with Crippen LogP contribution in [-0.2, 0) is 11.3 Å². The molecule has 28 heavy (non-hydrogen) atoms. The second-order valence-corrected chi connectivity index (χ2v) is 6.90. The number of hydrogen-bond donors (Lipinski definition) is 2. The molecule has 1 fully saturated rings. The first-order valence-electron chi connectivity index (χ1n) is 10.1. The predicted octanol–water partition coefficient (Wildman–Crippen LogP) is 3.27. The van der Waals surface area contributed by atoms with Gasteiger partial charge in [0.1, 0.15) is 0 Å². The Morgan fingerprint density at radius 2 is 1.86 bits per heavy atom. The first-order chi connectivity index (χ1) is 13.2. The van der Waals surface area contributed by atoms with E-state index in [9.17, 15) is 4.79 Å². The molecule has 2 rings (SSSR count). The van der Waals surface area contributed by atoms with Gasteiger partial charge in [-0.2, -0.15) is 0 Å². The van der Waals surface area contributed by atoms with Crippen molar-refractivity contribution in [3.05, 3.63) is 35.4 Å². The van der Waals surface area contributed by atoms with Crippen molar-refractivity contribution in [1.29, 1.82) is 0 Å². The molecule has 0 unspecified atom stereocenters. The maximum atomic E-state index is 12.3. The summed E-state index contributed by atoms with van der Waals surface area (Å²) in [4.78, 5) is 18.4. The third-order valence-corrected chi connectivity index (χ3v) is 4.74. The molecule has 6 nitrogen and oxygen atoms in total. The normalized spacial score (nSPS) is 13.6. The van der Waals surface area contributed by atoms with Crippen LogP contribution in [0.5, 0.6) is 0 Å². The van der Waals surface area contributed by atoms with Crippen molar-refractivity contribution in [2.24, 2.45) is 10.9 Å². The van der Waals surface area contributed by atoms with E-state index in [1.807, 2.05) is 43.0 Å². The van der Waals surface area contributed by atoms with Crippen LogP contribution in [0.25, 0.3) is 0 Å². The molecule has 1 aromatic rings. The van der Waals surface area contributed by atoms with Gasteiger partial charge < -0.3 is 20.3 Å². The van der Waals surface area contributed by atoms with Crippen molar-refractivity contribution in [1.82, 2.24) is 15.5 Å². The van der Waals surface area contributed by atoms with Crippen molar-refractivity contribution in [3.8, 4) is 0 Å². The van der Waals surface area contributed by atoms with Gasteiger partial charge in [0, 0.05) is 52.0 Å². The lowest BCUT2D eigenvalue weighted by Crippen LogP contribution is -2.37. The average molecular weight is 502 g/mol. The van der Waals surface area contributed by atoms with E-state index < -0.39 is 0 Å². The van der Waals surface area contributed by atoms with Crippen LogP contribution in [0.15, 0.2) is 29.3 Å². The van der Waals surface area contributed by atoms with Crippen LogP contribution in [0.2, 0.25) is 0 Å². The average Bonchev–Trinajstić information content (AvgIpc) is 3.52. The number of guanidine groups is 1. The van der Waals surface area contributed by atoms with E-state index >= 15 is 0 Å². The molecule has 1 aromatic carbocycles. The first kappa shape index (κ1) is 24.7. The molecular weight excluding hydrogens is 467 g/mol. The summed E-state index contributed by atoms with van der Waals surface area (Å²) < 4.78 is 5.63. The number of benzene rings is 1. The van der Waals surface area contributed by atoms with Crippen molar-refractivity contribution in [2.45, 2.75) is 39.7 Å². The number of nitrogens with one attached hydrogen (secondary N) is 2. The third-order valence-electron chi connectivity index (χ3n) is 4.74. The fourth-order valence-electron chi connectivity index (χ4n) is 2.78. The number of carbonyl (C=O) groups excluding carboxylic acids is 1. The maximum Gasteiger partial charge on any atom is 0.253 e. The molecule has 0 radical (unpaired) electrons. The van der Waals surface area contributed by atoms with Crippen LogP contribution in [-0.4, -0.2) is 56.7 Å². The number of rotatable bonds is 11. The van der Waals surface area contributed by atoms with Crippen LogP contribution in [0, 0.1) is 5.92 Å². The number of halogens is 1. The lowest BCUT2D eigenvalue weighted by molar-refractivity contribution is 0.0773. The monoisotopic (exact) mass is 502 g/mol. The summed E-state index contributed by atoms with van der Waals surface area (Å²) in [6.45, 7) is 8.66. The van der Waals surface area contributed by atoms with Crippen LogP contribution >= 0.6 is 24.0 Å². The number of carbonyl (C=O) groups is 1. The van der Waals surface area contributed by atoms with E-state index in [2.05, 4.69) is 15.6 Å². The van der Waals surface area contributed by atoms with Gasteiger partial charge in [0.2, 0.25) is 0 Å².